The lowest BCUT2D eigenvalue weighted by atomic mass is 10.1. The number of carbonyl (C=O) groups excluding carboxylic acids is 2. The molecule has 2 aromatic rings. The van der Waals surface area contributed by atoms with Gasteiger partial charge in [-0.05, 0) is 51.8 Å². The van der Waals surface area contributed by atoms with E-state index in [-0.39, 0.29) is 18.9 Å². The van der Waals surface area contributed by atoms with Crippen LogP contribution in [0.15, 0.2) is 46.9 Å². The highest BCUT2D eigenvalue weighted by atomic mass is 79.9. The molecule has 0 spiro atoms. The van der Waals surface area contributed by atoms with Gasteiger partial charge in [0.1, 0.15) is 5.75 Å². The first-order valence-corrected chi connectivity index (χ1v) is 8.39. The van der Waals surface area contributed by atoms with Gasteiger partial charge in [-0.25, -0.2) is 0 Å². The van der Waals surface area contributed by atoms with E-state index in [0.29, 0.717) is 20.3 Å². The Bertz CT molecular complexity index is 739. The van der Waals surface area contributed by atoms with E-state index in [9.17, 15) is 9.59 Å². The predicted octanol–water partition coefficient (Wildman–Crippen LogP) is 3.52. The van der Waals surface area contributed by atoms with E-state index in [4.69, 9.17) is 27.9 Å². The maximum atomic E-state index is 11.7. The summed E-state index contributed by atoms with van der Waals surface area (Å²) >= 11 is 14.9. The first-order chi connectivity index (χ1) is 11.4. The number of rotatable bonds is 5. The summed E-state index contributed by atoms with van der Waals surface area (Å²) in [7, 11) is 0. The lowest BCUT2D eigenvalue weighted by molar-refractivity contribution is -0.129. The van der Waals surface area contributed by atoms with Crippen LogP contribution in [0.2, 0.25) is 10.0 Å². The minimum Gasteiger partial charge on any atom is -0.483 e. The van der Waals surface area contributed by atoms with E-state index in [0.717, 1.165) is 5.56 Å². The second-order valence-electron chi connectivity index (χ2n) is 4.76. The summed E-state index contributed by atoms with van der Waals surface area (Å²) in [5.74, 6) is -0.360. The molecule has 0 aromatic heterocycles. The molecule has 0 aliphatic heterocycles. The van der Waals surface area contributed by atoms with Crippen LogP contribution in [0.25, 0.3) is 0 Å². The molecule has 24 heavy (non-hydrogen) atoms. The van der Waals surface area contributed by atoms with Crippen molar-refractivity contribution in [2.75, 3.05) is 6.61 Å². The van der Waals surface area contributed by atoms with Gasteiger partial charge in [-0.3, -0.25) is 20.4 Å². The normalized spacial score (nSPS) is 10.1. The number of halogens is 3. The molecule has 2 aromatic carbocycles. The highest BCUT2D eigenvalue weighted by Crippen LogP contribution is 2.27. The van der Waals surface area contributed by atoms with Crippen LogP contribution in [0.3, 0.4) is 0 Å². The number of hydrogen-bond acceptors (Lipinski definition) is 3. The van der Waals surface area contributed by atoms with Crippen molar-refractivity contribution in [1.82, 2.24) is 10.9 Å². The van der Waals surface area contributed by atoms with E-state index in [1.807, 2.05) is 0 Å². The standard InChI is InChI=1S/C16H13BrCl2N2O3/c17-13-8-12(19)5-6-14(13)24-9-16(23)21-20-15(22)7-10-1-3-11(18)4-2-10/h1-6,8H,7,9H2,(H,20,22)(H,21,23). The van der Waals surface area contributed by atoms with Crippen molar-refractivity contribution in [2.45, 2.75) is 6.42 Å². The third-order valence-corrected chi connectivity index (χ3v) is 3.98. The molecular formula is C16H13BrCl2N2O3. The zero-order valence-electron chi connectivity index (χ0n) is 12.3. The molecule has 0 aliphatic rings. The van der Waals surface area contributed by atoms with Crippen molar-refractivity contribution in [1.29, 1.82) is 0 Å². The molecule has 0 atom stereocenters. The molecule has 8 heteroatoms. The Labute approximate surface area is 157 Å². The second kappa shape index (κ2) is 8.92. The predicted molar refractivity (Wildman–Crippen MR) is 96.1 cm³/mol. The van der Waals surface area contributed by atoms with Crippen LogP contribution in [-0.2, 0) is 16.0 Å². The molecule has 126 valence electrons. The number of carbonyl (C=O) groups is 2. The summed E-state index contributed by atoms with van der Waals surface area (Å²) in [6.45, 7) is -0.249. The number of amides is 2. The Morgan fingerprint density at radius 2 is 1.58 bits per heavy atom. The molecule has 0 bridgehead atoms. The molecule has 0 heterocycles. The van der Waals surface area contributed by atoms with Crippen molar-refractivity contribution in [3.8, 4) is 5.75 Å². The van der Waals surface area contributed by atoms with Crippen molar-refractivity contribution < 1.29 is 14.3 Å². The Balaban J connectivity index is 1.74. The van der Waals surface area contributed by atoms with E-state index in [1.165, 1.54) is 0 Å². The van der Waals surface area contributed by atoms with E-state index in [1.54, 1.807) is 42.5 Å². The zero-order valence-corrected chi connectivity index (χ0v) is 15.4. The van der Waals surface area contributed by atoms with Crippen LogP contribution in [0, 0.1) is 0 Å². The quantitative estimate of drug-likeness (QED) is 0.711. The summed E-state index contributed by atoms with van der Waals surface area (Å²) in [5.41, 5.74) is 5.39. The van der Waals surface area contributed by atoms with Crippen LogP contribution >= 0.6 is 39.1 Å². The molecule has 0 saturated heterocycles. The molecule has 2 rings (SSSR count). The number of hydrazine groups is 1. The molecule has 0 saturated carbocycles. The first kappa shape index (κ1) is 18.6. The summed E-state index contributed by atoms with van der Waals surface area (Å²) in [4.78, 5) is 23.4. The van der Waals surface area contributed by atoms with E-state index < -0.39 is 5.91 Å². The summed E-state index contributed by atoms with van der Waals surface area (Å²) < 4.78 is 5.97. The van der Waals surface area contributed by atoms with Crippen LogP contribution in [0.4, 0.5) is 0 Å². The first-order valence-electron chi connectivity index (χ1n) is 6.84. The Morgan fingerprint density at radius 1 is 0.958 bits per heavy atom. The van der Waals surface area contributed by atoms with Gasteiger partial charge in [0, 0.05) is 10.0 Å². The zero-order chi connectivity index (χ0) is 17.5. The summed E-state index contributed by atoms with van der Waals surface area (Å²) in [5, 5.41) is 1.14. The molecule has 2 N–H and O–H groups in total. The smallest absolute Gasteiger partial charge is 0.276 e. The number of benzene rings is 2. The van der Waals surface area contributed by atoms with Crippen LogP contribution in [-0.4, -0.2) is 18.4 Å². The lowest BCUT2D eigenvalue weighted by Crippen LogP contribution is -2.44. The van der Waals surface area contributed by atoms with Gasteiger partial charge >= 0.3 is 0 Å². The third-order valence-electron chi connectivity index (χ3n) is 2.87. The van der Waals surface area contributed by atoms with Crippen LogP contribution in [0.1, 0.15) is 5.56 Å². The Kier molecular flexibility index (Phi) is 6.90. The minimum atomic E-state index is -0.485. The lowest BCUT2D eigenvalue weighted by Gasteiger charge is -2.10. The fourth-order valence-electron chi connectivity index (χ4n) is 1.74. The largest absolute Gasteiger partial charge is 0.483 e. The monoisotopic (exact) mass is 430 g/mol. The fraction of sp³-hybridized carbons (Fsp3) is 0.125. The maximum Gasteiger partial charge on any atom is 0.276 e. The van der Waals surface area contributed by atoms with Crippen molar-refractivity contribution >= 4 is 50.9 Å². The van der Waals surface area contributed by atoms with Crippen molar-refractivity contribution in [2.24, 2.45) is 0 Å². The molecule has 0 fully saturated rings. The van der Waals surface area contributed by atoms with Crippen LogP contribution in [0.5, 0.6) is 5.75 Å². The average molecular weight is 432 g/mol. The topological polar surface area (TPSA) is 67.4 Å². The van der Waals surface area contributed by atoms with Crippen molar-refractivity contribution in [3.63, 3.8) is 0 Å². The second-order valence-corrected chi connectivity index (χ2v) is 6.49. The molecule has 0 unspecified atom stereocenters. The number of ether oxygens (including phenoxy) is 1. The third kappa shape index (κ3) is 6.03. The van der Waals surface area contributed by atoms with Gasteiger partial charge < -0.3 is 4.74 Å². The summed E-state index contributed by atoms with van der Waals surface area (Å²) in [6, 6.07) is 11.8. The molecule has 0 aliphatic carbocycles. The highest BCUT2D eigenvalue weighted by Gasteiger charge is 2.08. The van der Waals surface area contributed by atoms with Crippen molar-refractivity contribution in [3.05, 3.63) is 62.5 Å². The fourth-order valence-corrected chi connectivity index (χ4v) is 2.67. The van der Waals surface area contributed by atoms with Gasteiger partial charge in [-0.1, -0.05) is 35.3 Å². The molecule has 5 nitrogen and oxygen atoms in total. The Hall–Kier alpha value is -1.76. The van der Waals surface area contributed by atoms with Gasteiger partial charge in [-0.15, -0.1) is 0 Å². The van der Waals surface area contributed by atoms with E-state index >= 15 is 0 Å². The minimum absolute atomic E-state index is 0.126. The number of nitrogens with one attached hydrogen (secondary N) is 2. The molecule has 0 radical (unpaired) electrons. The van der Waals surface area contributed by atoms with Gasteiger partial charge in [0.2, 0.25) is 5.91 Å². The average Bonchev–Trinajstić information content (AvgIpc) is 2.54. The SMILES string of the molecule is O=C(COc1ccc(Cl)cc1Br)NNC(=O)Cc1ccc(Cl)cc1. The van der Waals surface area contributed by atoms with Gasteiger partial charge in [0.25, 0.3) is 5.91 Å². The number of hydrogen-bond donors (Lipinski definition) is 2. The molecular weight excluding hydrogens is 419 g/mol. The Morgan fingerprint density at radius 3 is 2.25 bits per heavy atom. The summed E-state index contributed by atoms with van der Waals surface area (Å²) in [6.07, 6.45) is 0.126. The van der Waals surface area contributed by atoms with Gasteiger partial charge in [0.05, 0.1) is 10.9 Å². The van der Waals surface area contributed by atoms with Gasteiger partial charge in [-0.2, -0.15) is 0 Å². The maximum absolute atomic E-state index is 11.7. The molecule has 2 amide bonds. The van der Waals surface area contributed by atoms with Crippen LogP contribution < -0.4 is 15.6 Å². The van der Waals surface area contributed by atoms with E-state index in [2.05, 4.69) is 26.8 Å². The van der Waals surface area contributed by atoms with Gasteiger partial charge in [0.15, 0.2) is 6.61 Å². The highest BCUT2D eigenvalue weighted by molar-refractivity contribution is 9.10.